The predicted octanol–water partition coefficient (Wildman–Crippen LogP) is 3.17. The van der Waals surface area contributed by atoms with Crippen molar-refractivity contribution in [2.45, 2.75) is 13.2 Å². The minimum absolute atomic E-state index is 0.598. The first-order valence-corrected chi connectivity index (χ1v) is 7.51. The Hall–Kier alpha value is -2.66. The monoisotopic (exact) mass is 309 g/mol. The molecule has 0 unspecified atom stereocenters. The quantitative estimate of drug-likeness (QED) is 0.629. The lowest BCUT2D eigenvalue weighted by atomic mass is 10.2. The van der Waals surface area contributed by atoms with Crippen LogP contribution in [0.3, 0.4) is 0 Å². The van der Waals surface area contributed by atoms with Crippen molar-refractivity contribution in [1.29, 1.82) is 0 Å². The van der Waals surface area contributed by atoms with E-state index in [-0.39, 0.29) is 0 Å². The third-order valence-electron chi connectivity index (χ3n) is 3.50. The van der Waals surface area contributed by atoms with Gasteiger partial charge in [-0.05, 0) is 29.8 Å². The Bertz CT molecular complexity index is 724. The highest BCUT2D eigenvalue weighted by Crippen LogP contribution is 2.19. The molecule has 0 atom stereocenters. The molecule has 0 saturated heterocycles. The minimum Gasteiger partial charge on any atom is -0.497 e. The first-order valence-electron chi connectivity index (χ1n) is 7.51. The summed E-state index contributed by atoms with van der Waals surface area (Å²) in [4.78, 5) is 0. The zero-order valence-corrected chi connectivity index (χ0v) is 13.1. The highest BCUT2D eigenvalue weighted by molar-refractivity contribution is 5.58. The third-order valence-corrected chi connectivity index (χ3v) is 3.50. The first-order chi connectivity index (χ1) is 11.3. The van der Waals surface area contributed by atoms with Crippen LogP contribution in [0.15, 0.2) is 60.8 Å². The SMILES string of the molecule is COc1ccc(-c2cn(CCOCc3ccccc3)nn2)cc1. The van der Waals surface area contributed by atoms with E-state index in [0.29, 0.717) is 19.8 Å². The molecule has 1 heterocycles. The molecule has 0 aliphatic rings. The third kappa shape index (κ3) is 4.17. The van der Waals surface area contributed by atoms with Gasteiger partial charge >= 0.3 is 0 Å². The number of rotatable bonds is 7. The number of hydrogen-bond donors (Lipinski definition) is 0. The fraction of sp³-hybridized carbons (Fsp3) is 0.222. The Morgan fingerprint density at radius 2 is 1.78 bits per heavy atom. The summed E-state index contributed by atoms with van der Waals surface area (Å²) in [6, 6.07) is 17.9. The van der Waals surface area contributed by atoms with Gasteiger partial charge in [0.15, 0.2) is 0 Å². The van der Waals surface area contributed by atoms with Crippen LogP contribution in [-0.2, 0) is 17.9 Å². The lowest BCUT2D eigenvalue weighted by molar-refractivity contribution is 0.110. The Labute approximate surface area is 135 Å². The molecule has 5 nitrogen and oxygen atoms in total. The zero-order chi connectivity index (χ0) is 15.9. The van der Waals surface area contributed by atoms with Crippen molar-refractivity contribution >= 4 is 0 Å². The predicted molar refractivity (Wildman–Crippen MR) is 88.1 cm³/mol. The Morgan fingerprint density at radius 1 is 1.00 bits per heavy atom. The van der Waals surface area contributed by atoms with E-state index in [9.17, 15) is 0 Å². The van der Waals surface area contributed by atoms with Gasteiger partial charge in [-0.3, -0.25) is 0 Å². The van der Waals surface area contributed by atoms with E-state index in [1.54, 1.807) is 11.8 Å². The van der Waals surface area contributed by atoms with Gasteiger partial charge in [-0.15, -0.1) is 5.10 Å². The molecule has 0 bridgehead atoms. The summed E-state index contributed by atoms with van der Waals surface area (Å²) in [5.41, 5.74) is 3.03. The maximum atomic E-state index is 5.66. The van der Waals surface area contributed by atoms with Crippen molar-refractivity contribution in [1.82, 2.24) is 15.0 Å². The molecule has 0 aliphatic carbocycles. The van der Waals surface area contributed by atoms with Gasteiger partial charge in [0.1, 0.15) is 11.4 Å². The molecule has 23 heavy (non-hydrogen) atoms. The molecule has 3 rings (SSSR count). The van der Waals surface area contributed by atoms with Gasteiger partial charge in [-0.1, -0.05) is 35.5 Å². The fourth-order valence-corrected chi connectivity index (χ4v) is 2.22. The summed E-state index contributed by atoms with van der Waals surface area (Å²) < 4.78 is 12.6. The topological polar surface area (TPSA) is 49.2 Å². The second-order valence-electron chi connectivity index (χ2n) is 5.13. The number of ether oxygens (including phenoxy) is 2. The van der Waals surface area contributed by atoms with Crippen molar-refractivity contribution in [3.63, 3.8) is 0 Å². The van der Waals surface area contributed by atoms with Gasteiger partial charge in [-0.2, -0.15) is 0 Å². The molecule has 2 aromatic carbocycles. The molecule has 5 heteroatoms. The molecule has 118 valence electrons. The number of hydrogen-bond acceptors (Lipinski definition) is 4. The average Bonchev–Trinajstić information content (AvgIpc) is 3.09. The van der Waals surface area contributed by atoms with Gasteiger partial charge in [0, 0.05) is 5.56 Å². The molecule has 0 fully saturated rings. The molecule has 0 radical (unpaired) electrons. The number of benzene rings is 2. The number of methoxy groups -OCH3 is 1. The maximum Gasteiger partial charge on any atom is 0.118 e. The molecule has 0 N–H and O–H groups in total. The zero-order valence-electron chi connectivity index (χ0n) is 13.1. The van der Waals surface area contributed by atoms with Crippen LogP contribution in [0.25, 0.3) is 11.3 Å². The van der Waals surface area contributed by atoms with Crippen LogP contribution in [0, 0.1) is 0 Å². The van der Waals surface area contributed by atoms with Crippen molar-refractivity contribution in [2.75, 3.05) is 13.7 Å². The smallest absolute Gasteiger partial charge is 0.118 e. The van der Waals surface area contributed by atoms with E-state index in [1.165, 1.54) is 5.56 Å². The normalized spacial score (nSPS) is 10.7. The molecule has 0 spiro atoms. The highest BCUT2D eigenvalue weighted by Gasteiger charge is 2.04. The molecular weight excluding hydrogens is 290 g/mol. The molecule has 0 amide bonds. The van der Waals surface area contributed by atoms with E-state index < -0.39 is 0 Å². The second-order valence-corrected chi connectivity index (χ2v) is 5.13. The van der Waals surface area contributed by atoms with Crippen LogP contribution in [-0.4, -0.2) is 28.7 Å². The van der Waals surface area contributed by atoms with E-state index in [1.807, 2.05) is 48.7 Å². The molecular formula is C18H19N3O2. The van der Waals surface area contributed by atoms with Gasteiger partial charge in [-0.25, -0.2) is 4.68 Å². The Morgan fingerprint density at radius 3 is 2.52 bits per heavy atom. The summed E-state index contributed by atoms with van der Waals surface area (Å²) in [6.07, 6.45) is 1.92. The van der Waals surface area contributed by atoms with E-state index in [2.05, 4.69) is 22.4 Å². The van der Waals surface area contributed by atoms with Crippen molar-refractivity contribution in [2.24, 2.45) is 0 Å². The Kier molecular flexibility index (Phi) is 5.01. The van der Waals surface area contributed by atoms with Crippen LogP contribution < -0.4 is 4.74 Å². The van der Waals surface area contributed by atoms with E-state index in [4.69, 9.17) is 9.47 Å². The fourth-order valence-electron chi connectivity index (χ4n) is 2.22. The first kappa shape index (κ1) is 15.2. The average molecular weight is 309 g/mol. The summed E-state index contributed by atoms with van der Waals surface area (Å²) in [7, 11) is 1.65. The molecule has 1 aromatic heterocycles. The highest BCUT2D eigenvalue weighted by atomic mass is 16.5. The van der Waals surface area contributed by atoms with Crippen LogP contribution in [0.4, 0.5) is 0 Å². The van der Waals surface area contributed by atoms with Gasteiger partial charge < -0.3 is 9.47 Å². The molecule has 0 saturated carbocycles. The van der Waals surface area contributed by atoms with Gasteiger partial charge in [0.25, 0.3) is 0 Å². The second kappa shape index (κ2) is 7.56. The molecule has 3 aromatic rings. The standard InChI is InChI=1S/C18H19N3O2/c1-22-17-9-7-16(8-10-17)18-13-21(20-19-18)11-12-23-14-15-5-3-2-4-6-15/h2-10,13H,11-12,14H2,1H3. The van der Waals surface area contributed by atoms with Crippen LogP contribution in [0.1, 0.15) is 5.56 Å². The molecule has 0 aliphatic heterocycles. The lowest BCUT2D eigenvalue weighted by Crippen LogP contribution is -2.06. The van der Waals surface area contributed by atoms with Gasteiger partial charge in [0.05, 0.1) is 33.1 Å². The van der Waals surface area contributed by atoms with Crippen LogP contribution in [0.2, 0.25) is 0 Å². The summed E-state index contributed by atoms with van der Waals surface area (Å²) in [5, 5.41) is 8.33. The number of nitrogens with zero attached hydrogens (tertiary/aromatic N) is 3. The maximum absolute atomic E-state index is 5.66. The lowest BCUT2D eigenvalue weighted by Gasteiger charge is -2.04. The van der Waals surface area contributed by atoms with Gasteiger partial charge in [0.2, 0.25) is 0 Å². The van der Waals surface area contributed by atoms with Crippen molar-refractivity contribution in [3.05, 3.63) is 66.4 Å². The van der Waals surface area contributed by atoms with E-state index in [0.717, 1.165) is 17.0 Å². The van der Waals surface area contributed by atoms with Crippen molar-refractivity contribution in [3.8, 4) is 17.0 Å². The largest absolute Gasteiger partial charge is 0.497 e. The summed E-state index contributed by atoms with van der Waals surface area (Å²) >= 11 is 0. The van der Waals surface area contributed by atoms with Crippen molar-refractivity contribution < 1.29 is 9.47 Å². The van der Waals surface area contributed by atoms with Crippen LogP contribution >= 0.6 is 0 Å². The number of aromatic nitrogens is 3. The van der Waals surface area contributed by atoms with E-state index >= 15 is 0 Å². The van der Waals surface area contributed by atoms with Crippen LogP contribution in [0.5, 0.6) is 5.75 Å². The summed E-state index contributed by atoms with van der Waals surface area (Å²) in [5.74, 6) is 0.829. The summed E-state index contributed by atoms with van der Waals surface area (Å²) in [6.45, 7) is 1.89. The Balaban J connectivity index is 1.51. The minimum atomic E-state index is 0.598.